The Morgan fingerprint density at radius 3 is 2.50 bits per heavy atom. The van der Waals surface area contributed by atoms with E-state index in [0.29, 0.717) is 0 Å². The minimum atomic E-state index is -0.274. The van der Waals surface area contributed by atoms with E-state index in [1.165, 1.54) is 0 Å². The predicted molar refractivity (Wildman–Crippen MR) is 65.3 cm³/mol. The fourth-order valence-corrected chi connectivity index (χ4v) is 1.75. The summed E-state index contributed by atoms with van der Waals surface area (Å²) in [5, 5.41) is 0.753. The third-order valence-electron chi connectivity index (χ3n) is 1.26. The lowest BCUT2D eigenvalue weighted by Crippen LogP contribution is -2.12. The molecule has 0 saturated heterocycles. The summed E-state index contributed by atoms with van der Waals surface area (Å²) >= 11 is 13.7. The van der Waals surface area contributed by atoms with Gasteiger partial charge in [-0.05, 0) is 28.1 Å². The van der Waals surface area contributed by atoms with Crippen LogP contribution in [0.4, 0.5) is 0 Å². The molecule has 5 heteroatoms. The highest BCUT2D eigenvalue weighted by atomic mass is 79.9. The van der Waals surface area contributed by atoms with Crippen molar-refractivity contribution in [1.29, 1.82) is 0 Å². The molecule has 0 aliphatic carbocycles. The molecule has 12 heavy (non-hydrogen) atoms. The molecular weight excluding hydrogens is 418 g/mol. The number of halogens is 4. The highest BCUT2D eigenvalue weighted by Gasteiger charge is 2.25. The minimum Gasteiger partial charge on any atom is -0.244 e. The molecule has 1 aromatic rings. The third kappa shape index (κ3) is 2.79. The van der Waals surface area contributed by atoms with Crippen LogP contribution in [0, 0.1) is 0 Å². The van der Waals surface area contributed by atoms with Crippen molar-refractivity contribution in [3.8, 4) is 0 Å². The first-order chi connectivity index (χ1) is 5.56. The SMILES string of the molecule is BrCC(Br)(Br)c1cccc(Br)n1. The summed E-state index contributed by atoms with van der Waals surface area (Å²) < 4.78 is 0.563. The van der Waals surface area contributed by atoms with Crippen LogP contribution in [0.15, 0.2) is 22.8 Å². The monoisotopic (exact) mass is 419 g/mol. The van der Waals surface area contributed by atoms with Crippen LogP contribution in [0.2, 0.25) is 0 Å². The first kappa shape index (κ1) is 11.1. The van der Waals surface area contributed by atoms with E-state index in [4.69, 9.17) is 0 Å². The Hall–Kier alpha value is 1.07. The van der Waals surface area contributed by atoms with Crippen molar-refractivity contribution in [2.45, 2.75) is 3.23 Å². The Labute approximate surface area is 105 Å². The molecule has 0 spiro atoms. The van der Waals surface area contributed by atoms with Crippen LogP contribution in [0.3, 0.4) is 0 Å². The number of nitrogens with zero attached hydrogens (tertiary/aromatic N) is 1. The summed E-state index contributed by atoms with van der Waals surface area (Å²) in [4.78, 5) is 4.31. The molecule has 0 radical (unpaired) electrons. The van der Waals surface area contributed by atoms with Crippen LogP contribution in [-0.2, 0) is 3.23 Å². The van der Waals surface area contributed by atoms with Crippen molar-refractivity contribution in [2.75, 3.05) is 5.33 Å². The molecule has 0 bridgehead atoms. The average molecular weight is 423 g/mol. The van der Waals surface area contributed by atoms with E-state index in [1.807, 2.05) is 18.2 Å². The summed E-state index contributed by atoms with van der Waals surface area (Å²) in [6.45, 7) is 0. The van der Waals surface area contributed by atoms with Gasteiger partial charge < -0.3 is 0 Å². The number of pyridine rings is 1. The topological polar surface area (TPSA) is 12.9 Å². The highest BCUT2D eigenvalue weighted by Crippen LogP contribution is 2.38. The van der Waals surface area contributed by atoms with E-state index in [-0.39, 0.29) is 3.23 Å². The summed E-state index contributed by atoms with van der Waals surface area (Å²) in [5.41, 5.74) is 0.939. The van der Waals surface area contributed by atoms with E-state index in [2.05, 4.69) is 68.7 Å². The zero-order valence-corrected chi connectivity index (χ0v) is 12.2. The molecule has 0 N–H and O–H groups in total. The van der Waals surface area contributed by atoms with Crippen LogP contribution < -0.4 is 0 Å². The number of rotatable bonds is 2. The minimum absolute atomic E-state index is 0.274. The van der Waals surface area contributed by atoms with Gasteiger partial charge in [-0.2, -0.15) is 0 Å². The maximum absolute atomic E-state index is 4.31. The van der Waals surface area contributed by atoms with Crippen molar-refractivity contribution in [3.63, 3.8) is 0 Å². The summed E-state index contributed by atoms with van der Waals surface area (Å²) in [5.74, 6) is 0. The quantitative estimate of drug-likeness (QED) is 0.515. The highest BCUT2D eigenvalue weighted by molar-refractivity contribution is 9.25. The second kappa shape index (κ2) is 4.53. The Bertz CT molecular complexity index is 274. The largest absolute Gasteiger partial charge is 0.244 e. The molecular formula is C7H5Br4N. The molecule has 0 aliphatic heterocycles. The van der Waals surface area contributed by atoms with Gasteiger partial charge in [0.2, 0.25) is 0 Å². The van der Waals surface area contributed by atoms with Crippen LogP contribution in [0.1, 0.15) is 5.69 Å². The van der Waals surface area contributed by atoms with E-state index >= 15 is 0 Å². The number of hydrogen-bond donors (Lipinski definition) is 0. The number of alkyl halides is 3. The zero-order valence-electron chi connectivity index (χ0n) is 5.90. The van der Waals surface area contributed by atoms with E-state index in [1.54, 1.807) is 0 Å². The Morgan fingerprint density at radius 2 is 2.00 bits per heavy atom. The lowest BCUT2D eigenvalue weighted by atomic mass is 10.3. The molecule has 0 atom stereocenters. The van der Waals surface area contributed by atoms with Crippen LogP contribution in [0.5, 0.6) is 0 Å². The van der Waals surface area contributed by atoms with Crippen molar-refractivity contribution < 1.29 is 0 Å². The van der Waals surface area contributed by atoms with Crippen LogP contribution in [-0.4, -0.2) is 10.3 Å². The Balaban J connectivity index is 3.03. The zero-order chi connectivity index (χ0) is 9.19. The second-order valence-corrected chi connectivity index (χ2v) is 7.33. The first-order valence-electron chi connectivity index (χ1n) is 3.13. The molecule has 0 unspecified atom stereocenters. The predicted octanol–water partition coefficient (Wildman–Crippen LogP) is 4.18. The van der Waals surface area contributed by atoms with E-state index < -0.39 is 0 Å². The van der Waals surface area contributed by atoms with Gasteiger partial charge in [-0.3, -0.25) is 0 Å². The maximum atomic E-state index is 4.31. The molecule has 1 heterocycles. The van der Waals surface area contributed by atoms with Crippen molar-refractivity contribution in [1.82, 2.24) is 4.98 Å². The number of hydrogen-bond acceptors (Lipinski definition) is 1. The van der Waals surface area contributed by atoms with E-state index in [0.717, 1.165) is 15.6 Å². The maximum Gasteiger partial charge on any atom is 0.132 e. The van der Waals surface area contributed by atoms with Crippen molar-refractivity contribution in [3.05, 3.63) is 28.5 Å². The van der Waals surface area contributed by atoms with Gasteiger partial charge in [0.05, 0.1) is 5.69 Å². The summed E-state index contributed by atoms with van der Waals surface area (Å²) in [7, 11) is 0. The third-order valence-corrected chi connectivity index (χ3v) is 5.42. The van der Waals surface area contributed by atoms with Crippen LogP contribution >= 0.6 is 63.7 Å². The van der Waals surface area contributed by atoms with Crippen LogP contribution in [0.25, 0.3) is 0 Å². The summed E-state index contributed by atoms with van der Waals surface area (Å²) in [6.07, 6.45) is 0. The Morgan fingerprint density at radius 1 is 1.33 bits per heavy atom. The van der Waals surface area contributed by atoms with Gasteiger partial charge in [-0.1, -0.05) is 53.9 Å². The fourth-order valence-electron chi connectivity index (χ4n) is 0.680. The van der Waals surface area contributed by atoms with Gasteiger partial charge in [-0.15, -0.1) is 0 Å². The molecule has 0 amide bonds. The molecule has 66 valence electrons. The normalized spacial score (nSPS) is 11.7. The molecule has 1 rings (SSSR count). The van der Waals surface area contributed by atoms with Gasteiger partial charge in [-0.25, -0.2) is 4.98 Å². The summed E-state index contributed by atoms with van der Waals surface area (Å²) in [6, 6.07) is 5.80. The average Bonchev–Trinajstić information content (AvgIpc) is 2.05. The first-order valence-corrected chi connectivity index (χ1v) is 6.63. The standard InChI is InChI=1S/C7H5Br4N/c8-4-7(10,11)5-2-1-3-6(9)12-5/h1-3H,4H2. The lowest BCUT2D eigenvalue weighted by Gasteiger charge is -2.16. The molecule has 0 aliphatic rings. The molecule has 1 nitrogen and oxygen atoms in total. The van der Waals surface area contributed by atoms with Crippen molar-refractivity contribution in [2.24, 2.45) is 0 Å². The van der Waals surface area contributed by atoms with Gasteiger partial charge in [0.25, 0.3) is 0 Å². The lowest BCUT2D eigenvalue weighted by molar-refractivity contribution is 0.984. The van der Waals surface area contributed by atoms with E-state index in [9.17, 15) is 0 Å². The Kier molecular flexibility index (Phi) is 4.21. The molecule has 0 fully saturated rings. The molecule has 0 aromatic carbocycles. The van der Waals surface area contributed by atoms with Crippen molar-refractivity contribution >= 4 is 63.7 Å². The second-order valence-electron chi connectivity index (χ2n) is 2.18. The smallest absolute Gasteiger partial charge is 0.132 e. The van der Waals surface area contributed by atoms with Gasteiger partial charge in [0.15, 0.2) is 0 Å². The van der Waals surface area contributed by atoms with Gasteiger partial charge >= 0.3 is 0 Å². The molecule has 1 aromatic heterocycles. The number of aromatic nitrogens is 1. The molecule has 0 saturated carbocycles. The van der Waals surface area contributed by atoms with Gasteiger partial charge in [0.1, 0.15) is 7.84 Å². The fraction of sp³-hybridized carbons (Fsp3) is 0.286. The van der Waals surface area contributed by atoms with Gasteiger partial charge in [0, 0.05) is 5.33 Å².